The van der Waals surface area contributed by atoms with E-state index in [1.54, 1.807) is 23.9 Å². The zero-order valence-corrected chi connectivity index (χ0v) is 19.1. The number of rotatable bonds is 9. The third-order valence-electron chi connectivity index (χ3n) is 5.42. The monoisotopic (exact) mass is 459 g/mol. The number of halogens is 1. The molecule has 0 bridgehead atoms. The van der Waals surface area contributed by atoms with Crippen LogP contribution in [0, 0.1) is 12.7 Å². The van der Waals surface area contributed by atoms with Crippen LogP contribution in [0.1, 0.15) is 23.2 Å². The molecule has 3 aromatic carbocycles. The summed E-state index contributed by atoms with van der Waals surface area (Å²) in [6.07, 6.45) is 0.723. The second-order valence-electron chi connectivity index (χ2n) is 7.80. The lowest BCUT2D eigenvalue weighted by atomic mass is 10.1. The van der Waals surface area contributed by atoms with E-state index in [4.69, 9.17) is 9.47 Å². The summed E-state index contributed by atoms with van der Waals surface area (Å²) < 4.78 is 26.5. The van der Waals surface area contributed by atoms with Crippen LogP contribution in [-0.4, -0.2) is 22.8 Å². The zero-order valence-electron chi connectivity index (χ0n) is 19.1. The highest BCUT2D eigenvalue weighted by molar-refractivity contribution is 5.76. The minimum Gasteiger partial charge on any atom is -0.497 e. The van der Waals surface area contributed by atoms with Crippen molar-refractivity contribution < 1.29 is 18.7 Å². The first-order valence-corrected chi connectivity index (χ1v) is 11.0. The van der Waals surface area contributed by atoms with Gasteiger partial charge in [-0.05, 0) is 67.4 Å². The summed E-state index contributed by atoms with van der Waals surface area (Å²) in [5.74, 6) is 1.29. The van der Waals surface area contributed by atoms with Crippen molar-refractivity contribution in [3.05, 3.63) is 102 Å². The van der Waals surface area contributed by atoms with Crippen molar-refractivity contribution in [1.29, 1.82) is 0 Å². The molecule has 0 unspecified atom stereocenters. The maximum absolute atomic E-state index is 13.4. The molecule has 1 amide bonds. The van der Waals surface area contributed by atoms with Gasteiger partial charge in [-0.1, -0.05) is 30.3 Å². The number of hydrogen-bond acceptors (Lipinski definition) is 4. The van der Waals surface area contributed by atoms with Crippen LogP contribution in [0.15, 0.2) is 78.9 Å². The van der Waals surface area contributed by atoms with E-state index in [-0.39, 0.29) is 18.1 Å². The normalized spacial score (nSPS) is 10.7. The summed E-state index contributed by atoms with van der Waals surface area (Å²) >= 11 is 0. The first kappa shape index (κ1) is 23.0. The number of carbonyl (C=O) groups is 1. The van der Waals surface area contributed by atoms with Gasteiger partial charge in [0, 0.05) is 18.5 Å². The third-order valence-corrected chi connectivity index (χ3v) is 5.42. The van der Waals surface area contributed by atoms with Crippen LogP contribution in [0.3, 0.4) is 0 Å². The van der Waals surface area contributed by atoms with Crippen LogP contribution in [0.25, 0.3) is 5.69 Å². The second-order valence-corrected chi connectivity index (χ2v) is 7.80. The number of hydrogen-bond donors (Lipinski definition) is 1. The summed E-state index contributed by atoms with van der Waals surface area (Å²) in [6, 6.07) is 23.0. The van der Waals surface area contributed by atoms with Crippen molar-refractivity contribution in [3.63, 3.8) is 0 Å². The minimum atomic E-state index is -0.345. The average Bonchev–Trinajstić information content (AvgIpc) is 3.18. The van der Waals surface area contributed by atoms with Gasteiger partial charge in [-0.15, -0.1) is 0 Å². The Bertz CT molecular complexity index is 1240. The Hall–Kier alpha value is -4.13. The molecule has 4 aromatic rings. The largest absolute Gasteiger partial charge is 0.497 e. The summed E-state index contributed by atoms with van der Waals surface area (Å²) in [5.41, 5.74) is 3.39. The van der Waals surface area contributed by atoms with Crippen LogP contribution in [0.4, 0.5) is 4.39 Å². The van der Waals surface area contributed by atoms with Crippen molar-refractivity contribution in [1.82, 2.24) is 15.1 Å². The highest BCUT2D eigenvalue weighted by Crippen LogP contribution is 2.32. The average molecular weight is 460 g/mol. The fourth-order valence-electron chi connectivity index (χ4n) is 3.57. The fourth-order valence-corrected chi connectivity index (χ4v) is 3.57. The number of nitrogens with one attached hydrogen (secondary N) is 1. The van der Waals surface area contributed by atoms with Crippen LogP contribution in [0.2, 0.25) is 0 Å². The maximum atomic E-state index is 13.4. The predicted octanol–water partition coefficient (Wildman–Crippen LogP) is 5.37. The number of ether oxygens (including phenoxy) is 2. The van der Waals surface area contributed by atoms with Crippen molar-refractivity contribution in [2.75, 3.05) is 7.11 Å². The summed E-state index contributed by atoms with van der Waals surface area (Å²) in [4.78, 5) is 12.5. The Morgan fingerprint density at radius 3 is 2.32 bits per heavy atom. The molecule has 0 saturated carbocycles. The highest BCUT2D eigenvalue weighted by Gasteiger charge is 2.20. The minimum absolute atomic E-state index is 0.0619. The van der Waals surface area contributed by atoms with Gasteiger partial charge in [-0.3, -0.25) is 4.79 Å². The number of aryl methyl sites for hydroxylation is 1. The lowest BCUT2D eigenvalue weighted by Gasteiger charge is -2.12. The number of aromatic nitrogens is 2. The molecule has 0 fully saturated rings. The maximum Gasteiger partial charge on any atom is 0.226 e. The number of nitrogens with zero attached hydrogens (tertiary/aromatic N) is 2. The highest BCUT2D eigenvalue weighted by atomic mass is 19.1. The lowest BCUT2D eigenvalue weighted by Crippen LogP contribution is -2.23. The Labute approximate surface area is 198 Å². The molecule has 0 spiro atoms. The summed E-state index contributed by atoms with van der Waals surface area (Å²) in [6.45, 7) is 2.36. The van der Waals surface area contributed by atoms with E-state index >= 15 is 0 Å². The van der Waals surface area contributed by atoms with Crippen LogP contribution < -0.4 is 14.8 Å². The molecule has 0 atom stereocenters. The molecule has 34 heavy (non-hydrogen) atoms. The lowest BCUT2D eigenvalue weighted by molar-refractivity contribution is -0.121. The topological polar surface area (TPSA) is 65.4 Å². The van der Waals surface area contributed by atoms with Crippen LogP contribution in [-0.2, 0) is 17.8 Å². The number of benzene rings is 3. The Morgan fingerprint density at radius 1 is 0.971 bits per heavy atom. The Morgan fingerprint density at radius 2 is 1.65 bits per heavy atom. The van der Waals surface area contributed by atoms with E-state index in [1.807, 2.05) is 61.5 Å². The Balaban J connectivity index is 1.56. The van der Waals surface area contributed by atoms with Gasteiger partial charge in [0.15, 0.2) is 0 Å². The number of amides is 1. The molecule has 1 heterocycles. The van der Waals surface area contributed by atoms with Crippen molar-refractivity contribution in [3.8, 4) is 23.1 Å². The predicted molar refractivity (Wildman–Crippen MR) is 128 cm³/mol. The molecule has 4 rings (SSSR count). The molecular formula is C27H26FN3O3. The first-order valence-electron chi connectivity index (χ1n) is 11.0. The zero-order chi connectivity index (χ0) is 23.9. The quantitative estimate of drug-likeness (QED) is 0.366. The van der Waals surface area contributed by atoms with Crippen LogP contribution >= 0.6 is 0 Å². The fraction of sp³-hybridized carbons (Fsp3) is 0.185. The molecular weight excluding hydrogens is 433 g/mol. The molecule has 1 N–H and O–H groups in total. The molecule has 0 radical (unpaired) electrons. The molecule has 0 aliphatic carbocycles. The van der Waals surface area contributed by atoms with E-state index < -0.39 is 0 Å². The molecule has 0 saturated heterocycles. The molecule has 0 aliphatic heterocycles. The van der Waals surface area contributed by atoms with E-state index in [1.165, 1.54) is 12.1 Å². The summed E-state index contributed by atoms with van der Waals surface area (Å²) in [5, 5.41) is 7.62. The van der Waals surface area contributed by atoms with Gasteiger partial charge in [0.1, 0.15) is 17.3 Å². The van der Waals surface area contributed by atoms with Gasteiger partial charge in [-0.25, -0.2) is 9.07 Å². The molecule has 6 nitrogen and oxygen atoms in total. The molecule has 7 heteroatoms. The molecule has 0 aliphatic rings. The number of carbonyl (C=O) groups excluding carboxylic acids is 1. The van der Waals surface area contributed by atoms with Gasteiger partial charge < -0.3 is 14.8 Å². The van der Waals surface area contributed by atoms with Gasteiger partial charge >= 0.3 is 0 Å². The van der Waals surface area contributed by atoms with E-state index in [2.05, 4.69) is 10.4 Å². The van der Waals surface area contributed by atoms with E-state index in [0.717, 1.165) is 28.3 Å². The first-order chi connectivity index (χ1) is 16.5. The van der Waals surface area contributed by atoms with Crippen molar-refractivity contribution in [2.45, 2.75) is 26.3 Å². The van der Waals surface area contributed by atoms with E-state index in [9.17, 15) is 9.18 Å². The number of methoxy groups -OCH3 is 1. The van der Waals surface area contributed by atoms with Gasteiger partial charge in [0.2, 0.25) is 11.8 Å². The van der Waals surface area contributed by atoms with Crippen molar-refractivity contribution >= 4 is 5.91 Å². The molecule has 174 valence electrons. The summed E-state index contributed by atoms with van der Waals surface area (Å²) in [7, 11) is 1.61. The second kappa shape index (κ2) is 10.7. The van der Waals surface area contributed by atoms with Gasteiger partial charge in [0.05, 0.1) is 18.5 Å². The smallest absolute Gasteiger partial charge is 0.226 e. The SMILES string of the molecule is COc1ccc(-n2nc(C)c(CCC(=O)NCc3ccccc3)c2Oc2ccc(F)cc2)cc1. The molecule has 1 aromatic heterocycles. The van der Waals surface area contributed by atoms with Crippen molar-refractivity contribution in [2.24, 2.45) is 0 Å². The Kier molecular flexibility index (Phi) is 7.22. The van der Waals surface area contributed by atoms with E-state index in [0.29, 0.717) is 24.6 Å². The van der Waals surface area contributed by atoms with Gasteiger partial charge in [0.25, 0.3) is 0 Å². The standard InChI is InChI=1S/C27H26FN3O3/c1-19-25(16-17-26(32)29-18-20-6-4-3-5-7-20)27(34-24-12-8-21(28)9-13-24)31(30-19)22-10-14-23(33-2)15-11-22/h3-15H,16-18H2,1-2H3,(H,29,32). The van der Waals surface area contributed by atoms with Crippen LogP contribution in [0.5, 0.6) is 17.4 Å². The van der Waals surface area contributed by atoms with Gasteiger partial charge in [-0.2, -0.15) is 5.10 Å². The third kappa shape index (κ3) is 5.61.